The molecule has 0 aliphatic carbocycles. The van der Waals surface area contributed by atoms with Crippen molar-refractivity contribution in [1.82, 2.24) is 9.97 Å². The molecular formula is C11H10F2N2O2. The third-order valence-corrected chi connectivity index (χ3v) is 2.64. The average molecular weight is 240 g/mol. The molecule has 1 aliphatic heterocycles. The van der Waals surface area contributed by atoms with E-state index in [1.165, 1.54) is 6.07 Å². The van der Waals surface area contributed by atoms with Gasteiger partial charge in [0.1, 0.15) is 23.3 Å². The van der Waals surface area contributed by atoms with Gasteiger partial charge in [-0.05, 0) is 6.07 Å². The van der Waals surface area contributed by atoms with Crippen molar-refractivity contribution in [2.24, 2.45) is 0 Å². The Kier molecular flexibility index (Phi) is 2.53. The number of H-pyrrole nitrogens is 1. The van der Waals surface area contributed by atoms with Gasteiger partial charge in [0.05, 0.1) is 25.3 Å². The molecule has 1 atom stereocenters. The molecule has 1 aromatic heterocycles. The van der Waals surface area contributed by atoms with Crippen LogP contribution in [-0.2, 0) is 9.47 Å². The van der Waals surface area contributed by atoms with E-state index in [9.17, 15) is 8.78 Å². The number of imidazole rings is 1. The van der Waals surface area contributed by atoms with Gasteiger partial charge in [0.25, 0.3) is 0 Å². The molecule has 1 fully saturated rings. The Balaban J connectivity index is 2.03. The van der Waals surface area contributed by atoms with Crippen molar-refractivity contribution in [2.45, 2.75) is 6.10 Å². The molecule has 2 aromatic rings. The van der Waals surface area contributed by atoms with Crippen molar-refractivity contribution < 1.29 is 18.3 Å². The van der Waals surface area contributed by atoms with Crippen LogP contribution in [0.1, 0.15) is 11.9 Å². The number of nitrogens with zero attached hydrogens (tertiary/aromatic N) is 1. The highest BCUT2D eigenvalue weighted by molar-refractivity contribution is 5.75. The van der Waals surface area contributed by atoms with Crippen LogP contribution in [0.25, 0.3) is 11.0 Å². The Morgan fingerprint density at radius 1 is 1.29 bits per heavy atom. The van der Waals surface area contributed by atoms with Gasteiger partial charge in [0, 0.05) is 6.07 Å². The maximum Gasteiger partial charge on any atom is 0.153 e. The van der Waals surface area contributed by atoms with Gasteiger partial charge in [-0.15, -0.1) is 0 Å². The van der Waals surface area contributed by atoms with E-state index in [-0.39, 0.29) is 11.6 Å². The lowest BCUT2D eigenvalue weighted by molar-refractivity contribution is -0.0931. The third-order valence-electron chi connectivity index (χ3n) is 2.64. The zero-order valence-corrected chi connectivity index (χ0v) is 8.87. The van der Waals surface area contributed by atoms with Crippen molar-refractivity contribution in [3.63, 3.8) is 0 Å². The number of hydrogen-bond acceptors (Lipinski definition) is 3. The molecule has 6 heteroatoms. The first-order chi connectivity index (χ1) is 8.24. The first kappa shape index (κ1) is 10.6. The molecular weight excluding hydrogens is 230 g/mol. The Labute approximate surface area is 95.6 Å². The molecule has 0 saturated carbocycles. The summed E-state index contributed by atoms with van der Waals surface area (Å²) in [7, 11) is 0. The smallest absolute Gasteiger partial charge is 0.153 e. The molecule has 17 heavy (non-hydrogen) atoms. The third kappa shape index (κ3) is 1.89. The first-order valence-corrected chi connectivity index (χ1v) is 5.28. The minimum atomic E-state index is -0.681. The second kappa shape index (κ2) is 4.05. The van der Waals surface area contributed by atoms with Crippen LogP contribution >= 0.6 is 0 Å². The highest BCUT2D eigenvalue weighted by Gasteiger charge is 2.21. The minimum absolute atomic E-state index is 0.121. The van der Waals surface area contributed by atoms with Gasteiger partial charge >= 0.3 is 0 Å². The molecule has 3 rings (SSSR count). The summed E-state index contributed by atoms with van der Waals surface area (Å²) in [5.41, 5.74) is 0.447. The van der Waals surface area contributed by atoms with Crippen molar-refractivity contribution >= 4 is 11.0 Å². The molecule has 0 spiro atoms. The lowest BCUT2D eigenvalue weighted by Gasteiger charge is -2.20. The largest absolute Gasteiger partial charge is 0.376 e. The Morgan fingerprint density at radius 2 is 2.18 bits per heavy atom. The van der Waals surface area contributed by atoms with Crippen LogP contribution in [0.5, 0.6) is 0 Å². The van der Waals surface area contributed by atoms with Crippen LogP contribution in [0, 0.1) is 11.6 Å². The number of benzene rings is 1. The van der Waals surface area contributed by atoms with Crippen LogP contribution in [0.15, 0.2) is 12.1 Å². The summed E-state index contributed by atoms with van der Waals surface area (Å²) >= 11 is 0. The monoisotopic (exact) mass is 240 g/mol. The van der Waals surface area contributed by atoms with Gasteiger partial charge in [0.2, 0.25) is 0 Å². The van der Waals surface area contributed by atoms with E-state index in [0.29, 0.717) is 31.2 Å². The number of halogens is 2. The van der Waals surface area contributed by atoms with E-state index in [4.69, 9.17) is 9.47 Å². The predicted molar refractivity (Wildman–Crippen MR) is 55.5 cm³/mol. The molecule has 1 N–H and O–H groups in total. The van der Waals surface area contributed by atoms with Crippen molar-refractivity contribution in [3.05, 3.63) is 29.6 Å². The first-order valence-electron chi connectivity index (χ1n) is 5.28. The summed E-state index contributed by atoms with van der Waals surface area (Å²) in [4.78, 5) is 6.93. The fourth-order valence-corrected chi connectivity index (χ4v) is 1.86. The SMILES string of the molecule is Fc1cc(F)c2nc(C3COCCO3)[nH]c2c1. The van der Waals surface area contributed by atoms with Crippen LogP contribution in [-0.4, -0.2) is 29.8 Å². The van der Waals surface area contributed by atoms with Gasteiger partial charge in [0.15, 0.2) is 5.82 Å². The van der Waals surface area contributed by atoms with Crippen LogP contribution in [0.4, 0.5) is 8.78 Å². The topological polar surface area (TPSA) is 47.1 Å². The molecule has 1 saturated heterocycles. The van der Waals surface area contributed by atoms with Gasteiger partial charge in [-0.1, -0.05) is 0 Å². The van der Waals surface area contributed by atoms with Crippen molar-refractivity contribution in [3.8, 4) is 0 Å². The summed E-state index contributed by atoms with van der Waals surface area (Å²) in [6.45, 7) is 1.38. The van der Waals surface area contributed by atoms with E-state index < -0.39 is 11.6 Å². The van der Waals surface area contributed by atoms with Gasteiger partial charge in [-0.3, -0.25) is 0 Å². The predicted octanol–water partition coefficient (Wildman–Crippen LogP) is 1.93. The molecule has 1 unspecified atom stereocenters. The quantitative estimate of drug-likeness (QED) is 0.828. The van der Waals surface area contributed by atoms with E-state index in [0.717, 1.165) is 6.07 Å². The zero-order valence-electron chi connectivity index (χ0n) is 8.87. The standard InChI is InChI=1S/C11H10F2N2O2/c12-6-3-7(13)10-8(4-6)14-11(15-10)9-5-16-1-2-17-9/h3-4,9H,1-2,5H2,(H,14,15). The summed E-state index contributed by atoms with van der Waals surface area (Å²) in [5.74, 6) is -0.852. The fourth-order valence-electron chi connectivity index (χ4n) is 1.86. The number of nitrogens with one attached hydrogen (secondary N) is 1. The second-order valence-corrected chi connectivity index (χ2v) is 3.84. The molecule has 1 aromatic carbocycles. The van der Waals surface area contributed by atoms with Crippen LogP contribution < -0.4 is 0 Å². The van der Waals surface area contributed by atoms with E-state index in [1.54, 1.807) is 0 Å². The molecule has 0 amide bonds. The maximum atomic E-state index is 13.4. The lowest BCUT2D eigenvalue weighted by Crippen LogP contribution is -2.22. The maximum absolute atomic E-state index is 13.4. The van der Waals surface area contributed by atoms with Crippen molar-refractivity contribution in [2.75, 3.05) is 19.8 Å². The number of hydrogen-bond donors (Lipinski definition) is 1. The number of ether oxygens (including phenoxy) is 2. The van der Waals surface area contributed by atoms with Gasteiger partial charge in [-0.25, -0.2) is 13.8 Å². The number of fused-ring (bicyclic) bond motifs is 1. The molecule has 2 heterocycles. The fraction of sp³-hybridized carbons (Fsp3) is 0.364. The highest BCUT2D eigenvalue weighted by Crippen LogP contribution is 2.23. The van der Waals surface area contributed by atoms with Crippen LogP contribution in [0.2, 0.25) is 0 Å². The molecule has 4 nitrogen and oxygen atoms in total. The number of rotatable bonds is 1. The van der Waals surface area contributed by atoms with E-state index in [2.05, 4.69) is 9.97 Å². The number of aromatic amines is 1. The summed E-state index contributed by atoms with van der Waals surface area (Å²) in [5, 5.41) is 0. The average Bonchev–Trinajstić information content (AvgIpc) is 2.74. The molecule has 90 valence electrons. The van der Waals surface area contributed by atoms with Gasteiger partial charge < -0.3 is 14.5 Å². The normalized spacial score (nSPS) is 20.9. The molecule has 1 aliphatic rings. The minimum Gasteiger partial charge on any atom is -0.376 e. The summed E-state index contributed by atoms with van der Waals surface area (Å²) in [6.07, 6.45) is -0.349. The Bertz CT molecular complexity index is 550. The lowest BCUT2D eigenvalue weighted by atomic mass is 10.3. The van der Waals surface area contributed by atoms with Crippen molar-refractivity contribution in [1.29, 1.82) is 0 Å². The zero-order chi connectivity index (χ0) is 11.8. The van der Waals surface area contributed by atoms with E-state index in [1.807, 2.05) is 0 Å². The second-order valence-electron chi connectivity index (χ2n) is 3.84. The summed E-state index contributed by atoms with van der Waals surface area (Å²) < 4.78 is 37.1. The summed E-state index contributed by atoms with van der Waals surface area (Å²) in [6, 6.07) is 2.02. The highest BCUT2D eigenvalue weighted by atomic mass is 19.1. The molecule has 0 radical (unpaired) electrons. The molecule has 0 bridgehead atoms. The Morgan fingerprint density at radius 3 is 2.94 bits per heavy atom. The van der Waals surface area contributed by atoms with Crippen LogP contribution in [0.3, 0.4) is 0 Å². The van der Waals surface area contributed by atoms with Gasteiger partial charge in [-0.2, -0.15) is 0 Å². The van der Waals surface area contributed by atoms with E-state index >= 15 is 0 Å². The number of aromatic nitrogens is 2. The Hall–Kier alpha value is -1.53.